The van der Waals surface area contributed by atoms with Crippen LogP contribution in [0.15, 0.2) is 24.3 Å². The molecule has 3 heteroatoms. The Kier molecular flexibility index (Phi) is 4.80. The minimum atomic E-state index is -0.164. The molecule has 0 bridgehead atoms. The number of likely N-dealkylation sites (tertiary alicyclic amines) is 1. The molecule has 0 atom stereocenters. The molecule has 17 heavy (non-hydrogen) atoms. The minimum Gasteiger partial charge on any atom is -0.381 e. The lowest BCUT2D eigenvalue weighted by Gasteiger charge is -2.20. The van der Waals surface area contributed by atoms with Crippen LogP contribution in [0.25, 0.3) is 0 Å². The third-order valence-electron chi connectivity index (χ3n) is 3.32. The molecular formula is C14H21FN2. The lowest BCUT2D eigenvalue weighted by atomic mass is 10.2. The van der Waals surface area contributed by atoms with Crippen molar-refractivity contribution >= 4 is 5.69 Å². The van der Waals surface area contributed by atoms with Crippen molar-refractivity contribution in [3.05, 3.63) is 30.1 Å². The quantitative estimate of drug-likeness (QED) is 0.864. The maximum Gasteiger partial charge on any atom is 0.146 e. The van der Waals surface area contributed by atoms with E-state index in [0.29, 0.717) is 5.69 Å². The minimum absolute atomic E-state index is 0.164. The number of rotatable bonds is 4. The highest BCUT2D eigenvalue weighted by atomic mass is 19.1. The van der Waals surface area contributed by atoms with E-state index >= 15 is 0 Å². The molecule has 1 fully saturated rings. The molecule has 0 aromatic heterocycles. The molecule has 0 aliphatic carbocycles. The van der Waals surface area contributed by atoms with Crippen LogP contribution < -0.4 is 5.32 Å². The normalized spacial score (nSPS) is 17.7. The fourth-order valence-electron chi connectivity index (χ4n) is 2.31. The second-order valence-corrected chi connectivity index (χ2v) is 4.66. The lowest BCUT2D eigenvalue weighted by Crippen LogP contribution is -2.30. The van der Waals surface area contributed by atoms with Crippen LogP contribution in [0.1, 0.15) is 25.7 Å². The predicted octanol–water partition coefficient (Wildman–Crippen LogP) is 3.11. The Morgan fingerprint density at radius 1 is 1.06 bits per heavy atom. The van der Waals surface area contributed by atoms with Crippen molar-refractivity contribution < 1.29 is 4.39 Å². The number of hydrogen-bond acceptors (Lipinski definition) is 2. The summed E-state index contributed by atoms with van der Waals surface area (Å²) in [5.41, 5.74) is 0.613. The van der Waals surface area contributed by atoms with E-state index in [-0.39, 0.29) is 5.82 Å². The van der Waals surface area contributed by atoms with Gasteiger partial charge < -0.3 is 10.2 Å². The van der Waals surface area contributed by atoms with Gasteiger partial charge in [-0.15, -0.1) is 0 Å². The van der Waals surface area contributed by atoms with Crippen molar-refractivity contribution in [2.75, 3.05) is 31.5 Å². The van der Waals surface area contributed by atoms with Crippen LogP contribution in [0.5, 0.6) is 0 Å². The van der Waals surface area contributed by atoms with Gasteiger partial charge in [-0.25, -0.2) is 4.39 Å². The summed E-state index contributed by atoms with van der Waals surface area (Å²) < 4.78 is 13.3. The maximum atomic E-state index is 13.3. The van der Waals surface area contributed by atoms with Crippen LogP contribution in [0, 0.1) is 5.82 Å². The van der Waals surface area contributed by atoms with E-state index < -0.39 is 0 Å². The van der Waals surface area contributed by atoms with Gasteiger partial charge in [-0.2, -0.15) is 0 Å². The molecule has 1 aliphatic rings. The number of para-hydroxylation sites is 1. The van der Waals surface area contributed by atoms with Gasteiger partial charge in [0.1, 0.15) is 5.82 Å². The topological polar surface area (TPSA) is 15.3 Å². The van der Waals surface area contributed by atoms with Gasteiger partial charge in [-0.1, -0.05) is 25.0 Å². The Morgan fingerprint density at radius 2 is 1.76 bits per heavy atom. The summed E-state index contributed by atoms with van der Waals surface area (Å²) in [6, 6.07) is 6.86. The van der Waals surface area contributed by atoms with Gasteiger partial charge in [-0.05, 0) is 38.1 Å². The van der Waals surface area contributed by atoms with Gasteiger partial charge in [0.2, 0.25) is 0 Å². The van der Waals surface area contributed by atoms with Crippen molar-refractivity contribution in [1.29, 1.82) is 0 Å². The first-order chi connectivity index (χ1) is 8.36. The summed E-state index contributed by atoms with van der Waals surface area (Å²) in [6.45, 7) is 4.22. The SMILES string of the molecule is Fc1ccccc1NCCN1CCCCCC1. The van der Waals surface area contributed by atoms with Crippen molar-refractivity contribution in [2.24, 2.45) is 0 Å². The summed E-state index contributed by atoms with van der Waals surface area (Å²) >= 11 is 0. The van der Waals surface area contributed by atoms with E-state index in [1.807, 2.05) is 6.07 Å². The Bertz CT molecular complexity index is 333. The molecule has 0 unspecified atom stereocenters. The van der Waals surface area contributed by atoms with E-state index in [9.17, 15) is 4.39 Å². The molecule has 1 N–H and O–H groups in total. The Balaban J connectivity index is 1.73. The van der Waals surface area contributed by atoms with E-state index in [4.69, 9.17) is 0 Å². The Labute approximate surface area is 103 Å². The second-order valence-electron chi connectivity index (χ2n) is 4.66. The number of hydrogen-bond donors (Lipinski definition) is 1. The first-order valence-electron chi connectivity index (χ1n) is 6.57. The molecule has 0 amide bonds. The number of nitrogens with one attached hydrogen (secondary N) is 1. The fraction of sp³-hybridized carbons (Fsp3) is 0.571. The number of benzene rings is 1. The van der Waals surface area contributed by atoms with Crippen molar-refractivity contribution in [3.63, 3.8) is 0 Å². The summed E-state index contributed by atoms with van der Waals surface area (Å²) in [4.78, 5) is 2.47. The van der Waals surface area contributed by atoms with Gasteiger partial charge in [0, 0.05) is 13.1 Å². The molecule has 94 valence electrons. The van der Waals surface area contributed by atoms with Gasteiger partial charge >= 0.3 is 0 Å². The van der Waals surface area contributed by atoms with Crippen LogP contribution >= 0.6 is 0 Å². The molecule has 0 radical (unpaired) electrons. The average Bonchev–Trinajstić information content (AvgIpc) is 2.60. The van der Waals surface area contributed by atoms with Crippen molar-refractivity contribution in [1.82, 2.24) is 4.90 Å². The molecule has 2 nitrogen and oxygen atoms in total. The maximum absolute atomic E-state index is 13.3. The molecule has 1 saturated heterocycles. The molecule has 0 spiro atoms. The van der Waals surface area contributed by atoms with Crippen LogP contribution in [0.4, 0.5) is 10.1 Å². The van der Waals surface area contributed by atoms with Crippen molar-refractivity contribution in [3.8, 4) is 0 Å². The number of anilines is 1. The fourth-order valence-corrected chi connectivity index (χ4v) is 2.31. The average molecular weight is 236 g/mol. The summed E-state index contributed by atoms with van der Waals surface area (Å²) in [5.74, 6) is -0.164. The summed E-state index contributed by atoms with van der Waals surface area (Å²) in [6.07, 6.45) is 5.33. The van der Waals surface area contributed by atoms with E-state index in [1.54, 1.807) is 12.1 Å². The highest BCUT2D eigenvalue weighted by molar-refractivity contribution is 5.44. The zero-order valence-electron chi connectivity index (χ0n) is 10.3. The van der Waals surface area contributed by atoms with E-state index in [2.05, 4.69) is 10.2 Å². The van der Waals surface area contributed by atoms with Crippen LogP contribution in [0.3, 0.4) is 0 Å². The monoisotopic (exact) mass is 236 g/mol. The standard InChI is InChI=1S/C14H21FN2/c15-13-7-3-4-8-14(13)16-9-12-17-10-5-1-2-6-11-17/h3-4,7-8,16H,1-2,5-6,9-12H2. The van der Waals surface area contributed by atoms with E-state index in [0.717, 1.165) is 13.1 Å². The Morgan fingerprint density at radius 3 is 2.47 bits per heavy atom. The lowest BCUT2D eigenvalue weighted by molar-refractivity contribution is 0.296. The zero-order valence-corrected chi connectivity index (χ0v) is 10.3. The smallest absolute Gasteiger partial charge is 0.146 e. The number of nitrogens with zero attached hydrogens (tertiary/aromatic N) is 1. The van der Waals surface area contributed by atoms with Crippen molar-refractivity contribution in [2.45, 2.75) is 25.7 Å². The first-order valence-corrected chi connectivity index (χ1v) is 6.57. The van der Waals surface area contributed by atoms with Crippen LogP contribution in [-0.4, -0.2) is 31.1 Å². The van der Waals surface area contributed by atoms with Gasteiger partial charge in [0.05, 0.1) is 5.69 Å². The highest BCUT2D eigenvalue weighted by Crippen LogP contribution is 2.12. The molecule has 0 saturated carbocycles. The second kappa shape index (κ2) is 6.60. The van der Waals surface area contributed by atoms with Gasteiger partial charge in [-0.3, -0.25) is 0 Å². The Hall–Kier alpha value is -1.09. The molecule has 1 aromatic rings. The molecule has 1 aromatic carbocycles. The molecular weight excluding hydrogens is 215 g/mol. The first kappa shape index (κ1) is 12.4. The largest absolute Gasteiger partial charge is 0.381 e. The summed E-state index contributed by atoms with van der Waals surface area (Å²) in [5, 5.41) is 3.16. The molecule has 2 rings (SSSR count). The van der Waals surface area contributed by atoms with E-state index in [1.165, 1.54) is 44.8 Å². The summed E-state index contributed by atoms with van der Waals surface area (Å²) in [7, 11) is 0. The molecule has 1 aliphatic heterocycles. The highest BCUT2D eigenvalue weighted by Gasteiger charge is 2.08. The van der Waals surface area contributed by atoms with Crippen LogP contribution in [0.2, 0.25) is 0 Å². The van der Waals surface area contributed by atoms with Gasteiger partial charge in [0.15, 0.2) is 0 Å². The molecule has 1 heterocycles. The van der Waals surface area contributed by atoms with Gasteiger partial charge in [0.25, 0.3) is 0 Å². The third-order valence-corrected chi connectivity index (χ3v) is 3.32. The third kappa shape index (κ3) is 4.00. The zero-order chi connectivity index (χ0) is 11.9. The number of halogens is 1. The predicted molar refractivity (Wildman–Crippen MR) is 69.8 cm³/mol. The van der Waals surface area contributed by atoms with Crippen LogP contribution in [-0.2, 0) is 0 Å².